The van der Waals surface area contributed by atoms with Crippen LogP contribution in [0.15, 0.2) is 48.7 Å². The molecule has 1 aliphatic rings. The highest BCUT2D eigenvalue weighted by molar-refractivity contribution is 5.93. The van der Waals surface area contributed by atoms with Crippen LogP contribution in [0.4, 0.5) is 11.5 Å². The topological polar surface area (TPSA) is 61.4 Å². The van der Waals surface area contributed by atoms with Gasteiger partial charge in [0.2, 0.25) is 5.91 Å². The Kier molecular flexibility index (Phi) is 5.21. The van der Waals surface area contributed by atoms with Crippen molar-refractivity contribution in [2.24, 2.45) is 0 Å². The lowest BCUT2D eigenvalue weighted by Gasteiger charge is -2.35. The number of rotatable bonds is 4. The van der Waals surface area contributed by atoms with Gasteiger partial charge in [0.25, 0.3) is 0 Å². The van der Waals surface area contributed by atoms with Crippen LogP contribution >= 0.6 is 0 Å². The first kappa shape index (κ1) is 18.4. The molecule has 1 amide bonds. The molecule has 1 fully saturated rings. The number of aryl methyl sites for hydroxylation is 1. The second kappa shape index (κ2) is 7.94. The molecule has 0 bridgehead atoms. The van der Waals surface area contributed by atoms with Gasteiger partial charge in [-0.3, -0.25) is 9.69 Å². The maximum absolute atomic E-state index is 12.5. The van der Waals surface area contributed by atoms with E-state index in [0.717, 1.165) is 54.0 Å². The van der Waals surface area contributed by atoms with Crippen LogP contribution in [0, 0.1) is 13.8 Å². The average Bonchev–Trinajstić information content (AvgIpc) is 2.72. The minimum absolute atomic E-state index is 0.0344. The lowest BCUT2D eigenvalue weighted by molar-refractivity contribution is -0.117. The monoisotopic (exact) mass is 375 g/mol. The molecular weight excluding hydrogens is 350 g/mol. The highest BCUT2D eigenvalue weighted by atomic mass is 16.2. The minimum atomic E-state index is 0.0344. The molecule has 1 aliphatic heterocycles. The first-order chi connectivity index (χ1) is 13.6. The number of hydrogen-bond acceptors (Lipinski definition) is 5. The largest absolute Gasteiger partial charge is 0.352 e. The molecule has 1 N–H and O–H groups in total. The molecule has 3 aromatic rings. The fourth-order valence-electron chi connectivity index (χ4n) is 3.64. The molecular formula is C22H25N5O. The fourth-order valence-corrected chi connectivity index (χ4v) is 3.64. The number of hydrogen-bond donors (Lipinski definition) is 1. The van der Waals surface area contributed by atoms with Crippen molar-refractivity contribution in [3.63, 3.8) is 0 Å². The molecule has 0 spiro atoms. The number of carbonyl (C=O) groups excluding carboxylic acids is 1. The van der Waals surface area contributed by atoms with Gasteiger partial charge in [0.05, 0.1) is 12.7 Å². The SMILES string of the molecule is Cc1cccc(NC(=O)CN2CCN(c3nncc4ccccc34)CC2)c1C. The van der Waals surface area contributed by atoms with E-state index < -0.39 is 0 Å². The van der Waals surface area contributed by atoms with Crippen molar-refractivity contribution >= 4 is 28.2 Å². The standard InChI is InChI=1S/C22H25N5O/c1-16-6-5-9-20(17(16)2)24-21(28)15-26-10-12-27(13-11-26)22-19-8-4-3-7-18(19)14-23-25-22/h3-9,14H,10-13,15H2,1-2H3,(H,24,28). The predicted octanol–water partition coefficient (Wildman–Crippen LogP) is 3.01. The third kappa shape index (κ3) is 3.82. The van der Waals surface area contributed by atoms with E-state index >= 15 is 0 Å². The summed E-state index contributed by atoms with van der Waals surface area (Å²) in [6.07, 6.45) is 1.80. The van der Waals surface area contributed by atoms with Crippen molar-refractivity contribution in [1.82, 2.24) is 15.1 Å². The lowest BCUT2D eigenvalue weighted by Crippen LogP contribution is -2.49. The minimum Gasteiger partial charge on any atom is -0.352 e. The summed E-state index contributed by atoms with van der Waals surface area (Å²) >= 11 is 0. The van der Waals surface area contributed by atoms with E-state index in [2.05, 4.69) is 50.4 Å². The number of nitrogens with zero attached hydrogens (tertiary/aromatic N) is 4. The summed E-state index contributed by atoms with van der Waals surface area (Å²) in [6.45, 7) is 7.81. The van der Waals surface area contributed by atoms with E-state index in [-0.39, 0.29) is 5.91 Å². The Labute approximate surface area is 165 Å². The normalized spacial score (nSPS) is 15.0. The van der Waals surface area contributed by atoms with Crippen molar-refractivity contribution < 1.29 is 4.79 Å². The number of nitrogens with one attached hydrogen (secondary N) is 1. The van der Waals surface area contributed by atoms with Gasteiger partial charge in [-0.2, -0.15) is 5.10 Å². The van der Waals surface area contributed by atoms with Crippen molar-refractivity contribution in [3.05, 3.63) is 59.8 Å². The van der Waals surface area contributed by atoms with Crippen LogP contribution in [0.1, 0.15) is 11.1 Å². The summed E-state index contributed by atoms with van der Waals surface area (Å²) < 4.78 is 0. The second-order valence-electron chi connectivity index (χ2n) is 7.31. The zero-order valence-corrected chi connectivity index (χ0v) is 16.4. The summed E-state index contributed by atoms with van der Waals surface area (Å²) in [4.78, 5) is 16.9. The molecule has 1 saturated heterocycles. The lowest BCUT2D eigenvalue weighted by atomic mass is 10.1. The molecule has 0 unspecified atom stereocenters. The van der Waals surface area contributed by atoms with Crippen LogP contribution in [0.3, 0.4) is 0 Å². The first-order valence-electron chi connectivity index (χ1n) is 9.65. The van der Waals surface area contributed by atoms with E-state index in [9.17, 15) is 4.79 Å². The van der Waals surface area contributed by atoms with Gasteiger partial charge in [0.15, 0.2) is 5.82 Å². The van der Waals surface area contributed by atoms with Gasteiger partial charge in [-0.1, -0.05) is 36.4 Å². The predicted molar refractivity (Wildman–Crippen MR) is 113 cm³/mol. The van der Waals surface area contributed by atoms with Crippen LogP contribution in [0.25, 0.3) is 10.8 Å². The smallest absolute Gasteiger partial charge is 0.238 e. The Morgan fingerprint density at radius 3 is 2.64 bits per heavy atom. The fraction of sp³-hybridized carbons (Fsp3) is 0.318. The summed E-state index contributed by atoms with van der Waals surface area (Å²) in [5.74, 6) is 0.963. The highest BCUT2D eigenvalue weighted by Gasteiger charge is 2.21. The van der Waals surface area contributed by atoms with E-state index in [1.165, 1.54) is 5.56 Å². The zero-order valence-electron chi connectivity index (χ0n) is 16.4. The van der Waals surface area contributed by atoms with Gasteiger partial charge in [-0.05, 0) is 31.0 Å². The van der Waals surface area contributed by atoms with Crippen LogP contribution in [-0.4, -0.2) is 53.7 Å². The Morgan fingerprint density at radius 2 is 1.82 bits per heavy atom. The maximum Gasteiger partial charge on any atom is 0.238 e. The van der Waals surface area contributed by atoms with Crippen LogP contribution in [-0.2, 0) is 4.79 Å². The van der Waals surface area contributed by atoms with E-state index in [4.69, 9.17) is 0 Å². The summed E-state index contributed by atoms with van der Waals surface area (Å²) in [7, 11) is 0. The highest BCUT2D eigenvalue weighted by Crippen LogP contribution is 2.24. The molecule has 6 heteroatoms. The van der Waals surface area contributed by atoms with Crippen molar-refractivity contribution in [3.8, 4) is 0 Å². The van der Waals surface area contributed by atoms with Gasteiger partial charge in [-0.25, -0.2) is 0 Å². The molecule has 6 nitrogen and oxygen atoms in total. The van der Waals surface area contributed by atoms with Gasteiger partial charge in [0.1, 0.15) is 0 Å². The van der Waals surface area contributed by atoms with E-state index in [1.54, 1.807) is 6.20 Å². The second-order valence-corrected chi connectivity index (χ2v) is 7.31. The average molecular weight is 375 g/mol. The van der Waals surface area contributed by atoms with Gasteiger partial charge < -0.3 is 10.2 Å². The summed E-state index contributed by atoms with van der Waals surface area (Å²) in [5, 5.41) is 13.8. The van der Waals surface area contributed by atoms with Crippen molar-refractivity contribution in [2.45, 2.75) is 13.8 Å². The first-order valence-corrected chi connectivity index (χ1v) is 9.65. The van der Waals surface area contributed by atoms with Crippen molar-refractivity contribution in [1.29, 1.82) is 0 Å². The Bertz CT molecular complexity index is 990. The Balaban J connectivity index is 1.36. The molecule has 1 aromatic heterocycles. The molecule has 2 aromatic carbocycles. The van der Waals surface area contributed by atoms with E-state index in [1.807, 2.05) is 31.2 Å². The van der Waals surface area contributed by atoms with Crippen LogP contribution in [0.5, 0.6) is 0 Å². The Morgan fingerprint density at radius 1 is 1.04 bits per heavy atom. The maximum atomic E-state index is 12.5. The van der Waals surface area contributed by atoms with Gasteiger partial charge in [0, 0.05) is 42.6 Å². The molecule has 2 heterocycles. The molecule has 0 aliphatic carbocycles. The number of fused-ring (bicyclic) bond motifs is 1. The number of benzene rings is 2. The number of amides is 1. The quantitative estimate of drug-likeness (QED) is 0.760. The van der Waals surface area contributed by atoms with Crippen LogP contribution in [0.2, 0.25) is 0 Å². The number of piperazine rings is 1. The van der Waals surface area contributed by atoms with Gasteiger partial charge >= 0.3 is 0 Å². The third-order valence-corrected chi connectivity index (χ3v) is 5.47. The molecule has 28 heavy (non-hydrogen) atoms. The molecule has 144 valence electrons. The number of aromatic nitrogens is 2. The molecule has 0 radical (unpaired) electrons. The van der Waals surface area contributed by atoms with Crippen LogP contribution < -0.4 is 10.2 Å². The summed E-state index contributed by atoms with van der Waals surface area (Å²) in [5.41, 5.74) is 3.20. The zero-order chi connectivity index (χ0) is 19.5. The molecule has 0 saturated carbocycles. The van der Waals surface area contributed by atoms with Crippen molar-refractivity contribution in [2.75, 3.05) is 42.9 Å². The number of anilines is 2. The number of carbonyl (C=O) groups is 1. The summed E-state index contributed by atoms with van der Waals surface area (Å²) in [6, 6.07) is 14.2. The molecule has 0 atom stereocenters. The third-order valence-electron chi connectivity index (χ3n) is 5.47. The van der Waals surface area contributed by atoms with E-state index in [0.29, 0.717) is 6.54 Å². The van der Waals surface area contributed by atoms with Gasteiger partial charge in [-0.15, -0.1) is 5.10 Å². The molecule has 4 rings (SSSR count). The Hall–Kier alpha value is -2.99.